The van der Waals surface area contributed by atoms with E-state index in [1.807, 2.05) is 23.9 Å². The number of benzene rings is 1. The number of nitrogens with zero attached hydrogens (tertiary/aromatic N) is 3. The van der Waals surface area contributed by atoms with Gasteiger partial charge in [-0.05, 0) is 53.0 Å². The lowest BCUT2D eigenvalue weighted by Crippen LogP contribution is -2.25. The summed E-state index contributed by atoms with van der Waals surface area (Å²) in [4.78, 5) is 2.36. The first-order chi connectivity index (χ1) is 10.1. The van der Waals surface area contributed by atoms with Gasteiger partial charge in [0.1, 0.15) is 0 Å². The number of anilines is 2. The normalized spacial score (nSPS) is 10.9. The van der Waals surface area contributed by atoms with Crippen molar-refractivity contribution < 1.29 is 0 Å². The van der Waals surface area contributed by atoms with E-state index in [1.165, 1.54) is 11.4 Å². The molecule has 1 aromatic carbocycles. The Labute approximate surface area is 135 Å². The Kier molecular flexibility index (Phi) is 5.28. The average Bonchev–Trinajstić information content (AvgIpc) is 2.75. The van der Waals surface area contributed by atoms with Gasteiger partial charge < -0.3 is 10.6 Å². The van der Waals surface area contributed by atoms with E-state index in [0.29, 0.717) is 0 Å². The van der Waals surface area contributed by atoms with Crippen molar-refractivity contribution in [2.75, 3.05) is 17.2 Å². The zero-order chi connectivity index (χ0) is 15.4. The zero-order valence-corrected chi connectivity index (χ0v) is 14.5. The lowest BCUT2D eigenvalue weighted by Gasteiger charge is -2.24. The third kappa shape index (κ3) is 3.59. The number of aromatic nitrogens is 2. The number of rotatable bonds is 6. The fraction of sp³-hybridized carbons (Fsp3) is 0.438. The first kappa shape index (κ1) is 15.9. The number of nitrogens with two attached hydrogens (primary N) is 1. The van der Waals surface area contributed by atoms with Crippen molar-refractivity contribution in [1.82, 2.24) is 9.78 Å². The van der Waals surface area contributed by atoms with E-state index >= 15 is 0 Å². The Hall–Kier alpha value is -1.49. The van der Waals surface area contributed by atoms with Crippen molar-refractivity contribution in [3.05, 3.63) is 40.1 Å². The summed E-state index contributed by atoms with van der Waals surface area (Å²) in [5.41, 5.74) is 10.1. The average molecular weight is 351 g/mol. The molecule has 0 radical (unpaired) electrons. The molecule has 0 aliphatic heterocycles. The minimum atomic E-state index is 0.796. The summed E-state index contributed by atoms with van der Waals surface area (Å²) in [7, 11) is 2.01. The van der Waals surface area contributed by atoms with Gasteiger partial charge in [0.25, 0.3) is 0 Å². The van der Waals surface area contributed by atoms with Gasteiger partial charge in [0.15, 0.2) is 0 Å². The number of nitrogen functional groups attached to an aromatic ring is 1. The van der Waals surface area contributed by atoms with E-state index in [4.69, 9.17) is 5.73 Å². The van der Waals surface area contributed by atoms with E-state index in [2.05, 4.69) is 51.9 Å². The molecule has 114 valence electrons. The van der Waals surface area contributed by atoms with E-state index in [9.17, 15) is 0 Å². The molecule has 0 amide bonds. The fourth-order valence-corrected chi connectivity index (χ4v) is 3.17. The predicted molar refractivity (Wildman–Crippen MR) is 92.5 cm³/mol. The number of hydrogen-bond acceptors (Lipinski definition) is 3. The molecule has 0 atom stereocenters. The molecule has 0 aliphatic carbocycles. The fourth-order valence-electron chi connectivity index (χ4n) is 2.43. The van der Waals surface area contributed by atoms with E-state index in [-0.39, 0.29) is 0 Å². The smallest absolute Gasteiger partial charge is 0.0767 e. The summed E-state index contributed by atoms with van der Waals surface area (Å²) < 4.78 is 3.10. The molecular weight excluding hydrogens is 328 g/mol. The first-order valence-electron chi connectivity index (χ1n) is 7.37. The minimum absolute atomic E-state index is 0.796. The Balaban J connectivity index is 2.28. The van der Waals surface area contributed by atoms with Gasteiger partial charge in [-0.1, -0.05) is 13.8 Å². The highest BCUT2D eigenvalue weighted by atomic mass is 79.9. The molecule has 1 heterocycles. The second-order valence-corrected chi connectivity index (χ2v) is 5.99. The zero-order valence-electron chi connectivity index (χ0n) is 12.9. The van der Waals surface area contributed by atoms with Gasteiger partial charge in [-0.3, -0.25) is 4.68 Å². The maximum absolute atomic E-state index is 5.78. The molecule has 0 fully saturated rings. The predicted octanol–water partition coefficient (Wildman–Crippen LogP) is 3.74. The molecule has 0 spiro atoms. The summed E-state index contributed by atoms with van der Waals surface area (Å²) in [5.74, 6) is 0. The molecule has 2 N–H and O–H groups in total. The summed E-state index contributed by atoms with van der Waals surface area (Å²) in [6, 6.07) is 8.06. The van der Waals surface area contributed by atoms with Gasteiger partial charge in [0, 0.05) is 25.0 Å². The van der Waals surface area contributed by atoms with Crippen LogP contribution in [0.3, 0.4) is 0 Å². The largest absolute Gasteiger partial charge is 0.399 e. The summed E-state index contributed by atoms with van der Waals surface area (Å²) in [6.07, 6.45) is 2.03. The van der Waals surface area contributed by atoms with Gasteiger partial charge >= 0.3 is 0 Å². The van der Waals surface area contributed by atoms with Crippen LogP contribution in [0.5, 0.6) is 0 Å². The molecule has 2 aromatic rings. The minimum Gasteiger partial charge on any atom is -0.399 e. The summed E-state index contributed by atoms with van der Waals surface area (Å²) in [5, 5.41) is 4.57. The highest BCUT2D eigenvalue weighted by Gasteiger charge is 2.16. The van der Waals surface area contributed by atoms with Crippen molar-refractivity contribution in [3.63, 3.8) is 0 Å². The number of halogens is 1. The third-order valence-electron chi connectivity index (χ3n) is 3.60. The lowest BCUT2D eigenvalue weighted by molar-refractivity contribution is 0.666. The van der Waals surface area contributed by atoms with Crippen LogP contribution in [0.15, 0.2) is 28.7 Å². The second-order valence-electron chi connectivity index (χ2n) is 5.20. The number of aryl methyl sites for hydroxylation is 2. The molecule has 0 saturated heterocycles. The highest BCUT2D eigenvalue weighted by Crippen LogP contribution is 2.26. The molecule has 2 rings (SSSR count). The number of hydrogen-bond donors (Lipinski definition) is 1. The molecule has 21 heavy (non-hydrogen) atoms. The molecule has 0 aliphatic rings. The van der Waals surface area contributed by atoms with Crippen molar-refractivity contribution in [3.8, 4) is 0 Å². The van der Waals surface area contributed by atoms with Crippen molar-refractivity contribution in [2.45, 2.75) is 33.2 Å². The van der Waals surface area contributed by atoms with Crippen LogP contribution in [-0.4, -0.2) is 16.3 Å². The van der Waals surface area contributed by atoms with Crippen molar-refractivity contribution in [2.24, 2.45) is 7.05 Å². The van der Waals surface area contributed by atoms with Gasteiger partial charge in [-0.2, -0.15) is 5.10 Å². The molecule has 0 unspecified atom stereocenters. The van der Waals surface area contributed by atoms with Crippen LogP contribution >= 0.6 is 15.9 Å². The van der Waals surface area contributed by atoms with Crippen LogP contribution in [0.4, 0.5) is 11.4 Å². The van der Waals surface area contributed by atoms with Crippen LogP contribution in [0.1, 0.15) is 31.7 Å². The maximum atomic E-state index is 5.78. The SMILES string of the molecule is CCCN(Cc1c(Br)c(CC)nn1C)c1ccc(N)cc1. The highest BCUT2D eigenvalue weighted by molar-refractivity contribution is 9.10. The maximum Gasteiger partial charge on any atom is 0.0767 e. The quantitative estimate of drug-likeness (QED) is 0.807. The van der Waals surface area contributed by atoms with Crippen LogP contribution in [0, 0.1) is 0 Å². The molecule has 0 saturated carbocycles. The van der Waals surface area contributed by atoms with Crippen molar-refractivity contribution >= 4 is 27.3 Å². The van der Waals surface area contributed by atoms with Crippen LogP contribution in [0.25, 0.3) is 0 Å². The third-order valence-corrected chi connectivity index (χ3v) is 4.51. The Morgan fingerprint density at radius 1 is 1.24 bits per heavy atom. The van der Waals surface area contributed by atoms with E-state index in [1.54, 1.807) is 0 Å². The monoisotopic (exact) mass is 350 g/mol. The van der Waals surface area contributed by atoms with Crippen LogP contribution < -0.4 is 10.6 Å². The molecule has 1 aromatic heterocycles. The van der Waals surface area contributed by atoms with Crippen LogP contribution in [-0.2, 0) is 20.0 Å². The lowest BCUT2D eigenvalue weighted by atomic mass is 10.2. The topological polar surface area (TPSA) is 47.1 Å². The Morgan fingerprint density at radius 3 is 2.43 bits per heavy atom. The van der Waals surface area contributed by atoms with Gasteiger partial charge in [0.2, 0.25) is 0 Å². The standard InChI is InChI=1S/C16H23BrN4/c1-4-10-21(13-8-6-12(18)7-9-13)11-15-16(17)14(5-2)19-20(15)3/h6-9H,4-5,10-11,18H2,1-3H3. The second kappa shape index (κ2) is 6.98. The molecule has 4 nitrogen and oxygen atoms in total. The van der Waals surface area contributed by atoms with Crippen LogP contribution in [0.2, 0.25) is 0 Å². The summed E-state index contributed by atoms with van der Waals surface area (Å²) in [6.45, 7) is 6.16. The van der Waals surface area contributed by atoms with E-state index in [0.717, 1.165) is 41.8 Å². The molecule has 5 heteroatoms. The first-order valence-corrected chi connectivity index (χ1v) is 8.16. The van der Waals surface area contributed by atoms with Crippen molar-refractivity contribution in [1.29, 1.82) is 0 Å². The van der Waals surface area contributed by atoms with Gasteiger partial charge in [-0.15, -0.1) is 0 Å². The van der Waals surface area contributed by atoms with E-state index < -0.39 is 0 Å². The summed E-state index contributed by atoms with van der Waals surface area (Å²) >= 11 is 3.70. The Bertz CT molecular complexity index is 589. The molecule has 0 bridgehead atoms. The van der Waals surface area contributed by atoms with Gasteiger partial charge in [0.05, 0.1) is 22.4 Å². The molecular formula is C16H23BrN4. The Morgan fingerprint density at radius 2 is 1.90 bits per heavy atom. The van der Waals surface area contributed by atoms with Gasteiger partial charge in [-0.25, -0.2) is 0 Å².